The van der Waals surface area contributed by atoms with E-state index in [4.69, 9.17) is 9.47 Å². The number of hydrogen-bond acceptors (Lipinski definition) is 5. The van der Waals surface area contributed by atoms with Crippen molar-refractivity contribution >= 4 is 17.2 Å². The van der Waals surface area contributed by atoms with Gasteiger partial charge in [0.2, 0.25) is 0 Å². The molecule has 0 N–H and O–H groups in total. The quantitative estimate of drug-likeness (QED) is 0.773. The van der Waals surface area contributed by atoms with Gasteiger partial charge in [-0.2, -0.15) is 0 Å². The number of ether oxygens (including phenoxy) is 2. The lowest BCUT2D eigenvalue weighted by Gasteiger charge is -2.42. The van der Waals surface area contributed by atoms with E-state index in [0.717, 1.165) is 24.6 Å². The predicted octanol–water partition coefficient (Wildman–Crippen LogP) is 0.921. The zero-order chi connectivity index (χ0) is 14.0. The highest BCUT2D eigenvalue weighted by Gasteiger charge is 2.41. The van der Waals surface area contributed by atoms with Crippen molar-refractivity contribution < 1.29 is 14.3 Å². The normalized spacial score (nSPS) is 28.6. The molecule has 0 aliphatic carbocycles. The largest absolute Gasteiger partial charge is 0.377 e. The Hall–Kier alpha value is -0.950. The van der Waals surface area contributed by atoms with Crippen LogP contribution in [0.1, 0.15) is 9.67 Å². The summed E-state index contributed by atoms with van der Waals surface area (Å²) < 4.78 is 11.7. The van der Waals surface area contributed by atoms with Gasteiger partial charge in [0.25, 0.3) is 5.91 Å². The average molecular weight is 296 g/mol. The number of rotatable bonds is 1. The third kappa shape index (κ3) is 2.88. The van der Waals surface area contributed by atoms with Gasteiger partial charge in [-0.1, -0.05) is 6.07 Å². The Balaban J connectivity index is 1.74. The summed E-state index contributed by atoms with van der Waals surface area (Å²) in [5.41, 5.74) is -0.379. The molecule has 0 bridgehead atoms. The second-order valence-corrected chi connectivity index (χ2v) is 6.47. The third-order valence-electron chi connectivity index (χ3n) is 3.81. The number of amides is 1. The van der Waals surface area contributed by atoms with Crippen molar-refractivity contribution in [1.29, 1.82) is 0 Å². The minimum Gasteiger partial charge on any atom is -0.377 e. The maximum atomic E-state index is 12.5. The Morgan fingerprint density at radius 2 is 2.25 bits per heavy atom. The van der Waals surface area contributed by atoms with E-state index in [0.29, 0.717) is 26.3 Å². The van der Waals surface area contributed by atoms with E-state index >= 15 is 0 Å². The van der Waals surface area contributed by atoms with Crippen molar-refractivity contribution in [3.63, 3.8) is 0 Å². The predicted molar refractivity (Wildman–Crippen MR) is 77.2 cm³/mol. The fourth-order valence-corrected chi connectivity index (χ4v) is 3.54. The molecule has 3 heterocycles. The van der Waals surface area contributed by atoms with Crippen molar-refractivity contribution in [3.05, 3.63) is 22.4 Å². The zero-order valence-corrected chi connectivity index (χ0v) is 12.5. The summed E-state index contributed by atoms with van der Waals surface area (Å²) in [5.74, 6) is 0.106. The molecule has 1 amide bonds. The molecule has 0 saturated carbocycles. The molecule has 2 fully saturated rings. The van der Waals surface area contributed by atoms with E-state index in [1.54, 1.807) is 0 Å². The lowest BCUT2D eigenvalue weighted by atomic mass is 10.0. The number of nitrogens with zero attached hydrogens (tertiary/aromatic N) is 2. The summed E-state index contributed by atoms with van der Waals surface area (Å²) in [6, 6.07) is 3.79. The summed E-state index contributed by atoms with van der Waals surface area (Å²) in [6.45, 7) is 4.84. The Morgan fingerprint density at radius 3 is 3.05 bits per heavy atom. The Kier molecular flexibility index (Phi) is 4.07. The van der Waals surface area contributed by atoms with Gasteiger partial charge in [-0.15, -0.1) is 11.3 Å². The van der Waals surface area contributed by atoms with Crippen LogP contribution in [-0.4, -0.2) is 74.4 Å². The highest BCUT2D eigenvalue weighted by molar-refractivity contribution is 7.12. The number of carbonyl (C=O) groups is 1. The number of thiophene rings is 1. The van der Waals surface area contributed by atoms with Gasteiger partial charge in [0.15, 0.2) is 0 Å². The molecule has 1 aromatic heterocycles. The Bertz CT molecular complexity index is 465. The molecule has 20 heavy (non-hydrogen) atoms. The number of morpholine rings is 1. The van der Waals surface area contributed by atoms with Crippen molar-refractivity contribution in [3.8, 4) is 0 Å². The smallest absolute Gasteiger partial charge is 0.264 e. The van der Waals surface area contributed by atoms with Gasteiger partial charge in [0, 0.05) is 19.6 Å². The van der Waals surface area contributed by atoms with Crippen molar-refractivity contribution in [2.45, 2.75) is 5.60 Å². The molecule has 6 heteroatoms. The van der Waals surface area contributed by atoms with Crippen molar-refractivity contribution in [2.75, 3.05) is 53.0 Å². The first-order chi connectivity index (χ1) is 9.69. The molecule has 3 rings (SSSR count). The van der Waals surface area contributed by atoms with Crippen LogP contribution in [-0.2, 0) is 9.47 Å². The molecule has 2 aliphatic heterocycles. The van der Waals surface area contributed by atoms with Gasteiger partial charge in [-0.3, -0.25) is 4.79 Å². The minimum absolute atomic E-state index is 0.106. The summed E-state index contributed by atoms with van der Waals surface area (Å²) >= 11 is 1.49. The molecule has 110 valence electrons. The third-order valence-corrected chi connectivity index (χ3v) is 4.67. The van der Waals surface area contributed by atoms with Gasteiger partial charge < -0.3 is 19.3 Å². The fraction of sp³-hybridized carbons (Fsp3) is 0.643. The summed E-state index contributed by atoms with van der Waals surface area (Å²) in [4.78, 5) is 17.4. The molecule has 1 unspecified atom stereocenters. The van der Waals surface area contributed by atoms with Crippen LogP contribution in [0.25, 0.3) is 0 Å². The van der Waals surface area contributed by atoms with Gasteiger partial charge in [-0.25, -0.2) is 0 Å². The summed E-state index contributed by atoms with van der Waals surface area (Å²) in [7, 11) is 2.07. The highest BCUT2D eigenvalue weighted by Crippen LogP contribution is 2.24. The molecule has 0 aromatic carbocycles. The monoisotopic (exact) mass is 296 g/mol. The van der Waals surface area contributed by atoms with E-state index in [1.165, 1.54) is 11.3 Å². The van der Waals surface area contributed by atoms with Crippen LogP contribution in [0.2, 0.25) is 0 Å². The topological polar surface area (TPSA) is 42.0 Å². The Morgan fingerprint density at radius 1 is 1.35 bits per heavy atom. The molecule has 5 nitrogen and oxygen atoms in total. The lowest BCUT2D eigenvalue weighted by Crippen LogP contribution is -2.59. The van der Waals surface area contributed by atoms with Crippen LogP contribution in [0.4, 0.5) is 0 Å². The molecule has 0 radical (unpaired) electrons. The first-order valence-electron chi connectivity index (χ1n) is 6.92. The second kappa shape index (κ2) is 5.81. The van der Waals surface area contributed by atoms with E-state index in [1.807, 2.05) is 22.4 Å². The van der Waals surface area contributed by atoms with Crippen molar-refractivity contribution in [1.82, 2.24) is 9.80 Å². The molecule has 2 aliphatic rings. The molecule has 1 spiro atoms. The van der Waals surface area contributed by atoms with Crippen LogP contribution in [0.5, 0.6) is 0 Å². The number of carbonyl (C=O) groups excluding carboxylic acids is 1. The summed E-state index contributed by atoms with van der Waals surface area (Å²) in [5, 5.41) is 1.94. The first kappa shape index (κ1) is 14.0. The SMILES string of the molecule is CN1CCOCC2(C1)CN(C(=O)c1cccs1)CCO2. The average Bonchev–Trinajstić information content (AvgIpc) is 2.91. The standard InChI is InChI=1S/C14H20N2O3S/c1-15-4-6-18-11-14(9-15)10-16(5-7-19-14)13(17)12-3-2-8-20-12/h2-3,8H,4-7,9-11H2,1H3. The number of likely N-dealkylation sites (N-methyl/N-ethyl adjacent to an activating group) is 1. The van der Waals surface area contributed by atoms with E-state index in [9.17, 15) is 4.79 Å². The van der Waals surface area contributed by atoms with Crippen LogP contribution in [0.3, 0.4) is 0 Å². The van der Waals surface area contributed by atoms with E-state index in [-0.39, 0.29) is 11.5 Å². The first-order valence-corrected chi connectivity index (χ1v) is 7.80. The molecule has 2 saturated heterocycles. The van der Waals surface area contributed by atoms with Gasteiger partial charge >= 0.3 is 0 Å². The fourth-order valence-electron chi connectivity index (χ4n) is 2.85. The maximum Gasteiger partial charge on any atom is 0.264 e. The number of hydrogen-bond donors (Lipinski definition) is 0. The minimum atomic E-state index is -0.379. The van der Waals surface area contributed by atoms with Gasteiger partial charge in [-0.05, 0) is 18.5 Å². The van der Waals surface area contributed by atoms with E-state index in [2.05, 4.69) is 11.9 Å². The highest BCUT2D eigenvalue weighted by atomic mass is 32.1. The Labute approximate surface area is 123 Å². The van der Waals surface area contributed by atoms with Crippen LogP contribution in [0, 0.1) is 0 Å². The van der Waals surface area contributed by atoms with Crippen LogP contribution >= 0.6 is 11.3 Å². The lowest BCUT2D eigenvalue weighted by molar-refractivity contribution is -0.132. The molecular formula is C14H20N2O3S. The van der Waals surface area contributed by atoms with Crippen LogP contribution < -0.4 is 0 Å². The molecule has 1 atom stereocenters. The zero-order valence-electron chi connectivity index (χ0n) is 11.7. The second-order valence-electron chi connectivity index (χ2n) is 5.53. The van der Waals surface area contributed by atoms with Crippen LogP contribution in [0.15, 0.2) is 17.5 Å². The van der Waals surface area contributed by atoms with E-state index < -0.39 is 0 Å². The molecule has 1 aromatic rings. The molecular weight excluding hydrogens is 276 g/mol. The maximum absolute atomic E-state index is 12.5. The summed E-state index contributed by atoms with van der Waals surface area (Å²) in [6.07, 6.45) is 0. The van der Waals surface area contributed by atoms with Gasteiger partial charge in [0.05, 0.1) is 31.2 Å². The van der Waals surface area contributed by atoms with Crippen molar-refractivity contribution in [2.24, 2.45) is 0 Å². The van der Waals surface area contributed by atoms with Gasteiger partial charge in [0.1, 0.15) is 5.60 Å².